The Morgan fingerprint density at radius 1 is 1.50 bits per heavy atom. The zero-order chi connectivity index (χ0) is 7.56. The van der Waals surface area contributed by atoms with Gasteiger partial charge in [-0.2, -0.15) is 0 Å². The summed E-state index contributed by atoms with van der Waals surface area (Å²) < 4.78 is 0.900. The van der Waals surface area contributed by atoms with Crippen LogP contribution in [0.2, 0.25) is 5.15 Å². The summed E-state index contributed by atoms with van der Waals surface area (Å²) in [5, 5.41) is 0.478. The number of aromatic nitrogens is 1. The smallest absolute Gasteiger partial charge is 0.133 e. The molecule has 0 saturated carbocycles. The zero-order valence-corrected chi connectivity index (χ0v) is 9.93. The number of nitrogens with zero attached hydrogens (tertiary/aromatic N) is 1. The highest BCUT2D eigenvalue weighted by atomic mass is 79.9. The lowest BCUT2D eigenvalue weighted by atomic mass is 10.3. The minimum Gasteiger partial charge on any atom is -0.326 e. The highest BCUT2D eigenvalue weighted by Crippen LogP contribution is 2.16. The molecule has 0 bridgehead atoms. The van der Waals surface area contributed by atoms with E-state index in [4.69, 9.17) is 17.3 Å². The first-order chi connectivity index (χ1) is 4.74. The molecule has 0 saturated heterocycles. The van der Waals surface area contributed by atoms with E-state index in [1.165, 1.54) is 0 Å². The maximum Gasteiger partial charge on any atom is 0.133 e. The molecular formula is C6H8BrCl3N2. The minimum absolute atomic E-state index is 0. The van der Waals surface area contributed by atoms with Crippen molar-refractivity contribution in [2.45, 2.75) is 6.54 Å². The summed E-state index contributed by atoms with van der Waals surface area (Å²) in [6, 6.07) is 1.86. The van der Waals surface area contributed by atoms with Gasteiger partial charge in [0.15, 0.2) is 0 Å². The average Bonchev–Trinajstić information content (AvgIpc) is 1.94. The largest absolute Gasteiger partial charge is 0.326 e. The predicted octanol–water partition coefficient (Wildman–Crippen LogP) is 2.80. The average molecular weight is 294 g/mol. The van der Waals surface area contributed by atoms with Crippen LogP contribution >= 0.6 is 52.3 Å². The standard InChI is InChI=1S/C6H6BrClN2.2ClH/c7-5-1-4(2-9)6(8)10-3-5;;/h1,3H,2,9H2;2*1H. The van der Waals surface area contributed by atoms with Gasteiger partial charge >= 0.3 is 0 Å². The molecule has 2 nitrogen and oxygen atoms in total. The van der Waals surface area contributed by atoms with Crippen molar-refractivity contribution in [1.82, 2.24) is 4.98 Å². The summed E-state index contributed by atoms with van der Waals surface area (Å²) in [5.74, 6) is 0. The van der Waals surface area contributed by atoms with Crippen molar-refractivity contribution in [2.24, 2.45) is 5.73 Å². The van der Waals surface area contributed by atoms with Crippen LogP contribution in [-0.4, -0.2) is 4.98 Å². The fourth-order valence-electron chi connectivity index (χ4n) is 0.608. The van der Waals surface area contributed by atoms with Gasteiger partial charge in [-0.25, -0.2) is 4.98 Å². The van der Waals surface area contributed by atoms with Crippen LogP contribution in [0.5, 0.6) is 0 Å². The summed E-state index contributed by atoms with van der Waals surface area (Å²) in [6.07, 6.45) is 1.64. The maximum atomic E-state index is 5.68. The number of pyridine rings is 1. The Bertz CT molecular complexity index is 244. The van der Waals surface area contributed by atoms with E-state index in [0.717, 1.165) is 10.0 Å². The lowest BCUT2D eigenvalue weighted by molar-refractivity contribution is 1.04. The van der Waals surface area contributed by atoms with Crippen LogP contribution in [0, 0.1) is 0 Å². The van der Waals surface area contributed by atoms with Gasteiger partial charge in [0, 0.05) is 22.8 Å². The molecule has 70 valence electrons. The Morgan fingerprint density at radius 3 is 2.50 bits per heavy atom. The van der Waals surface area contributed by atoms with Gasteiger partial charge < -0.3 is 5.73 Å². The summed E-state index contributed by atoms with van der Waals surface area (Å²) in [5.41, 5.74) is 6.23. The molecule has 2 N–H and O–H groups in total. The van der Waals surface area contributed by atoms with E-state index in [-0.39, 0.29) is 24.8 Å². The molecule has 1 heterocycles. The van der Waals surface area contributed by atoms with Crippen LogP contribution in [0.1, 0.15) is 5.56 Å². The SMILES string of the molecule is Cl.Cl.NCc1cc(Br)cnc1Cl. The van der Waals surface area contributed by atoms with Crippen LogP contribution in [-0.2, 0) is 6.54 Å². The van der Waals surface area contributed by atoms with Crippen LogP contribution in [0.15, 0.2) is 16.7 Å². The van der Waals surface area contributed by atoms with E-state index in [9.17, 15) is 0 Å². The van der Waals surface area contributed by atoms with Crippen molar-refractivity contribution in [3.8, 4) is 0 Å². The van der Waals surface area contributed by atoms with Gasteiger partial charge in [-0.05, 0) is 22.0 Å². The molecular weight excluding hydrogens is 286 g/mol. The van der Waals surface area contributed by atoms with Gasteiger partial charge in [0.1, 0.15) is 5.15 Å². The van der Waals surface area contributed by atoms with Gasteiger partial charge in [0.2, 0.25) is 0 Å². The predicted molar refractivity (Wildman–Crippen MR) is 59.3 cm³/mol. The molecule has 0 amide bonds. The molecule has 0 unspecified atom stereocenters. The van der Waals surface area contributed by atoms with Crippen molar-refractivity contribution in [1.29, 1.82) is 0 Å². The van der Waals surface area contributed by atoms with E-state index >= 15 is 0 Å². The molecule has 0 atom stereocenters. The Kier molecular flexibility index (Phi) is 8.63. The molecule has 0 aliphatic carbocycles. The van der Waals surface area contributed by atoms with Gasteiger partial charge in [-0.3, -0.25) is 0 Å². The van der Waals surface area contributed by atoms with Crippen molar-refractivity contribution >= 4 is 52.3 Å². The Balaban J connectivity index is 0. The molecule has 12 heavy (non-hydrogen) atoms. The lowest BCUT2D eigenvalue weighted by Gasteiger charge is -1.98. The number of nitrogens with two attached hydrogens (primary N) is 1. The number of rotatable bonds is 1. The lowest BCUT2D eigenvalue weighted by Crippen LogP contribution is -1.97. The number of hydrogen-bond acceptors (Lipinski definition) is 2. The molecule has 1 aromatic rings. The second kappa shape index (κ2) is 6.92. The van der Waals surface area contributed by atoms with E-state index in [0.29, 0.717) is 11.7 Å². The van der Waals surface area contributed by atoms with E-state index < -0.39 is 0 Å². The van der Waals surface area contributed by atoms with Crippen LogP contribution in [0.4, 0.5) is 0 Å². The molecule has 0 aliphatic heterocycles. The van der Waals surface area contributed by atoms with Crippen LogP contribution in [0.25, 0.3) is 0 Å². The molecule has 0 fully saturated rings. The first-order valence-electron chi connectivity index (χ1n) is 2.74. The second-order valence-electron chi connectivity index (χ2n) is 1.81. The van der Waals surface area contributed by atoms with Gasteiger partial charge in [-0.15, -0.1) is 24.8 Å². The van der Waals surface area contributed by atoms with Crippen molar-refractivity contribution < 1.29 is 0 Å². The van der Waals surface area contributed by atoms with Crippen LogP contribution < -0.4 is 5.73 Å². The summed E-state index contributed by atoms with van der Waals surface area (Å²) in [6.45, 7) is 0.422. The fourth-order valence-corrected chi connectivity index (χ4v) is 1.17. The Hall–Kier alpha value is 0.460. The monoisotopic (exact) mass is 292 g/mol. The third-order valence-corrected chi connectivity index (χ3v) is 1.87. The number of hydrogen-bond donors (Lipinski definition) is 1. The fraction of sp³-hybridized carbons (Fsp3) is 0.167. The third-order valence-electron chi connectivity index (χ3n) is 1.10. The van der Waals surface area contributed by atoms with Gasteiger partial charge in [0.05, 0.1) is 0 Å². The van der Waals surface area contributed by atoms with E-state index in [1.807, 2.05) is 6.07 Å². The first kappa shape index (κ1) is 15.0. The van der Waals surface area contributed by atoms with Gasteiger partial charge in [-0.1, -0.05) is 11.6 Å². The first-order valence-corrected chi connectivity index (χ1v) is 3.91. The Labute approximate surface area is 96.8 Å². The van der Waals surface area contributed by atoms with E-state index in [2.05, 4.69) is 20.9 Å². The summed E-state index contributed by atoms with van der Waals surface area (Å²) in [7, 11) is 0. The zero-order valence-electron chi connectivity index (χ0n) is 5.96. The molecule has 0 aliphatic rings. The van der Waals surface area contributed by atoms with Gasteiger partial charge in [0.25, 0.3) is 0 Å². The molecule has 1 rings (SSSR count). The second-order valence-corrected chi connectivity index (χ2v) is 3.08. The molecule has 0 spiro atoms. The van der Waals surface area contributed by atoms with Crippen molar-refractivity contribution in [2.75, 3.05) is 0 Å². The Morgan fingerprint density at radius 2 is 2.08 bits per heavy atom. The van der Waals surface area contributed by atoms with E-state index in [1.54, 1.807) is 6.20 Å². The minimum atomic E-state index is 0. The quantitative estimate of drug-likeness (QED) is 0.809. The normalized spacial score (nSPS) is 8.25. The molecule has 1 aromatic heterocycles. The third kappa shape index (κ3) is 3.92. The summed E-state index contributed by atoms with van der Waals surface area (Å²) in [4.78, 5) is 3.89. The molecule has 6 heteroatoms. The van der Waals surface area contributed by atoms with Crippen molar-refractivity contribution in [3.05, 3.63) is 27.5 Å². The number of halogens is 4. The molecule has 0 aromatic carbocycles. The maximum absolute atomic E-state index is 5.68. The van der Waals surface area contributed by atoms with Crippen LogP contribution in [0.3, 0.4) is 0 Å². The van der Waals surface area contributed by atoms with Crippen molar-refractivity contribution in [3.63, 3.8) is 0 Å². The topological polar surface area (TPSA) is 38.9 Å². The highest BCUT2D eigenvalue weighted by Gasteiger charge is 1.98. The highest BCUT2D eigenvalue weighted by molar-refractivity contribution is 9.10. The molecule has 0 radical (unpaired) electrons. The summed E-state index contributed by atoms with van der Waals surface area (Å²) >= 11 is 8.94.